The molecule has 0 atom stereocenters. The zero-order valence-corrected chi connectivity index (χ0v) is 11.2. The molecule has 0 radical (unpaired) electrons. The van der Waals surface area contributed by atoms with Gasteiger partial charge in [-0.3, -0.25) is 0 Å². The number of furan rings is 1. The fourth-order valence-electron chi connectivity index (χ4n) is 0.557. The molecule has 0 aliphatic carbocycles. The Morgan fingerprint density at radius 3 is 1.46 bits per heavy atom. The van der Waals surface area contributed by atoms with Crippen LogP contribution in [0.1, 0.15) is 21.1 Å². The number of carboxylic acid groups (broad SMARTS) is 2. The third kappa shape index (κ3) is 4.30. The number of aromatic carboxylic acids is 2. The normalized spacial score (nSPS) is 8.00. The predicted octanol–water partition coefficient (Wildman–Crippen LogP) is -7.99. The van der Waals surface area contributed by atoms with Crippen molar-refractivity contribution in [3.05, 3.63) is 23.7 Å². The Hall–Kier alpha value is 0.220. The zero-order valence-electron chi connectivity index (χ0n) is 7.20. The van der Waals surface area contributed by atoms with Crippen LogP contribution in [-0.2, 0) is 0 Å². The van der Waals surface area contributed by atoms with Crippen molar-refractivity contribution in [1.82, 2.24) is 0 Å². The van der Waals surface area contributed by atoms with Gasteiger partial charge in [0.25, 0.3) is 0 Å². The molecule has 0 aliphatic heterocycles. The van der Waals surface area contributed by atoms with Crippen molar-refractivity contribution in [2.75, 3.05) is 0 Å². The van der Waals surface area contributed by atoms with E-state index in [1.54, 1.807) is 0 Å². The maximum atomic E-state index is 10.0. The van der Waals surface area contributed by atoms with E-state index < -0.39 is 23.5 Å². The van der Waals surface area contributed by atoms with E-state index in [4.69, 9.17) is 0 Å². The Morgan fingerprint density at radius 2 is 1.31 bits per heavy atom. The number of carbonyl (C=O) groups is 2. The van der Waals surface area contributed by atoms with Crippen LogP contribution in [0.25, 0.3) is 0 Å². The summed E-state index contributed by atoms with van der Waals surface area (Å²) in [6.45, 7) is 0. The molecule has 0 saturated heterocycles. The molecule has 0 unspecified atom stereocenters. The van der Waals surface area contributed by atoms with E-state index in [0.717, 1.165) is 12.1 Å². The van der Waals surface area contributed by atoms with Crippen molar-refractivity contribution in [3.8, 4) is 0 Å². The first-order chi connectivity index (χ1) is 5.11. The topological polar surface area (TPSA) is 93.4 Å². The van der Waals surface area contributed by atoms with Crippen molar-refractivity contribution < 1.29 is 83.3 Å². The van der Waals surface area contributed by atoms with Gasteiger partial charge in [-0.15, -0.1) is 0 Å². The molecule has 0 fully saturated rings. The molecule has 7 heteroatoms. The molecule has 13 heavy (non-hydrogen) atoms. The Balaban J connectivity index is 0. The maximum absolute atomic E-state index is 10.0. The number of hydrogen-bond acceptors (Lipinski definition) is 5. The van der Waals surface area contributed by atoms with Gasteiger partial charge in [-0.2, -0.15) is 0 Å². The second-order valence-electron chi connectivity index (χ2n) is 1.74. The second-order valence-corrected chi connectivity index (χ2v) is 1.74. The number of carboxylic acids is 2. The Kier molecular flexibility index (Phi) is 8.01. The van der Waals surface area contributed by atoms with E-state index in [2.05, 4.69) is 4.42 Å². The third-order valence-corrected chi connectivity index (χ3v) is 1.01. The second kappa shape index (κ2) is 6.64. The summed E-state index contributed by atoms with van der Waals surface area (Å²) in [5, 5.41) is 20.0. The van der Waals surface area contributed by atoms with Gasteiger partial charge in [0.1, 0.15) is 23.5 Å². The third-order valence-electron chi connectivity index (χ3n) is 1.01. The molecule has 5 nitrogen and oxygen atoms in total. The molecule has 0 N–H and O–H groups in total. The summed E-state index contributed by atoms with van der Waals surface area (Å²) in [4.78, 5) is 20.0. The zero-order chi connectivity index (χ0) is 8.43. The minimum atomic E-state index is -1.56. The first kappa shape index (κ1) is 15.7. The van der Waals surface area contributed by atoms with E-state index in [1.807, 2.05) is 0 Å². The van der Waals surface area contributed by atoms with Crippen LogP contribution in [0.3, 0.4) is 0 Å². The standard InChI is InChI=1S/C6H4O5.2Na/c7-5(8)3-1-2-4(11-3)6(9)10;;/h1-2H,(H,7,8)(H,9,10);;/q;2*+1/p-2. The van der Waals surface area contributed by atoms with E-state index in [0.29, 0.717) is 0 Å². The van der Waals surface area contributed by atoms with Crippen molar-refractivity contribution in [2.45, 2.75) is 0 Å². The molecular formula is C6H2Na2O5. The van der Waals surface area contributed by atoms with Crippen LogP contribution in [-0.4, -0.2) is 11.9 Å². The summed E-state index contributed by atoms with van der Waals surface area (Å²) >= 11 is 0. The van der Waals surface area contributed by atoms with Crippen LogP contribution in [0.2, 0.25) is 0 Å². The van der Waals surface area contributed by atoms with Crippen LogP contribution >= 0.6 is 0 Å². The van der Waals surface area contributed by atoms with Gasteiger partial charge in [0.2, 0.25) is 0 Å². The SMILES string of the molecule is O=C([O-])c1ccc(C(=O)[O-])o1.[Na+].[Na+]. The summed E-state index contributed by atoms with van der Waals surface area (Å²) in [5.74, 6) is -4.16. The van der Waals surface area contributed by atoms with Gasteiger partial charge < -0.3 is 24.2 Å². The van der Waals surface area contributed by atoms with Crippen molar-refractivity contribution >= 4 is 11.9 Å². The van der Waals surface area contributed by atoms with Crippen LogP contribution < -0.4 is 69.3 Å². The average Bonchev–Trinajstić information content (AvgIpc) is 2.33. The monoisotopic (exact) mass is 200 g/mol. The first-order valence-corrected chi connectivity index (χ1v) is 2.64. The molecule has 0 amide bonds. The minimum absolute atomic E-state index is 0. The molecule has 0 aromatic carbocycles. The molecule has 1 aromatic rings. The minimum Gasteiger partial charge on any atom is -0.542 e. The molecule has 0 saturated carbocycles. The van der Waals surface area contributed by atoms with E-state index in [1.165, 1.54) is 0 Å². The number of carbonyl (C=O) groups excluding carboxylic acids is 2. The maximum Gasteiger partial charge on any atom is 1.00 e. The van der Waals surface area contributed by atoms with Crippen molar-refractivity contribution in [3.63, 3.8) is 0 Å². The molecule has 1 aromatic heterocycles. The van der Waals surface area contributed by atoms with Gasteiger partial charge in [-0.1, -0.05) is 0 Å². The fraction of sp³-hybridized carbons (Fsp3) is 0. The van der Waals surface area contributed by atoms with Crippen LogP contribution in [0.5, 0.6) is 0 Å². The Bertz CT molecular complexity index is 277. The molecule has 0 bridgehead atoms. The predicted molar refractivity (Wildman–Crippen MR) is 27.4 cm³/mol. The van der Waals surface area contributed by atoms with Gasteiger partial charge in [-0.25, -0.2) is 0 Å². The van der Waals surface area contributed by atoms with Gasteiger partial charge >= 0.3 is 59.1 Å². The molecule has 58 valence electrons. The summed E-state index contributed by atoms with van der Waals surface area (Å²) in [6.07, 6.45) is 0. The fourth-order valence-corrected chi connectivity index (χ4v) is 0.557. The molecule has 1 rings (SSSR count). The molecule has 0 spiro atoms. The first-order valence-electron chi connectivity index (χ1n) is 2.64. The van der Waals surface area contributed by atoms with Crippen molar-refractivity contribution in [1.29, 1.82) is 0 Å². The molecule has 0 aliphatic rings. The van der Waals surface area contributed by atoms with Crippen molar-refractivity contribution in [2.24, 2.45) is 0 Å². The average molecular weight is 200 g/mol. The Morgan fingerprint density at radius 1 is 1.00 bits per heavy atom. The quantitative estimate of drug-likeness (QED) is 0.442. The van der Waals surface area contributed by atoms with Crippen LogP contribution in [0.4, 0.5) is 0 Å². The van der Waals surface area contributed by atoms with Gasteiger partial charge in [0.15, 0.2) is 0 Å². The summed E-state index contributed by atoms with van der Waals surface area (Å²) in [5.41, 5.74) is 0. The van der Waals surface area contributed by atoms with E-state index >= 15 is 0 Å². The largest absolute Gasteiger partial charge is 1.00 e. The number of rotatable bonds is 2. The molecular weight excluding hydrogens is 198 g/mol. The summed E-state index contributed by atoms with van der Waals surface area (Å²) in [6, 6.07) is 1.97. The van der Waals surface area contributed by atoms with Gasteiger partial charge in [0.05, 0.1) is 0 Å². The smallest absolute Gasteiger partial charge is 0.542 e. The van der Waals surface area contributed by atoms with E-state index in [9.17, 15) is 19.8 Å². The summed E-state index contributed by atoms with van der Waals surface area (Å²) in [7, 11) is 0. The molecule has 1 heterocycles. The van der Waals surface area contributed by atoms with E-state index in [-0.39, 0.29) is 59.1 Å². The van der Waals surface area contributed by atoms with Gasteiger partial charge in [0, 0.05) is 0 Å². The summed E-state index contributed by atoms with van der Waals surface area (Å²) < 4.78 is 4.28. The van der Waals surface area contributed by atoms with Gasteiger partial charge in [-0.05, 0) is 12.1 Å². The number of hydrogen-bond donors (Lipinski definition) is 0. The van der Waals surface area contributed by atoms with Crippen LogP contribution in [0, 0.1) is 0 Å². The Labute approximate surface area is 118 Å². The van der Waals surface area contributed by atoms with Crippen LogP contribution in [0.15, 0.2) is 16.5 Å².